The second kappa shape index (κ2) is 10.3. The summed E-state index contributed by atoms with van der Waals surface area (Å²) in [6, 6.07) is 7.95. The van der Waals surface area contributed by atoms with E-state index in [9.17, 15) is 4.79 Å². The molecule has 2 N–H and O–H groups in total. The third-order valence-electron chi connectivity index (χ3n) is 4.38. The van der Waals surface area contributed by atoms with Gasteiger partial charge in [-0.2, -0.15) is 0 Å². The number of carbonyl (C=O) groups excluding carboxylic acids is 1. The molecule has 2 rings (SSSR count). The van der Waals surface area contributed by atoms with E-state index in [0.29, 0.717) is 19.6 Å². The van der Waals surface area contributed by atoms with E-state index in [0.717, 1.165) is 56.7 Å². The molecule has 1 fully saturated rings. The Morgan fingerprint density at radius 1 is 1.21 bits per heavy atom. The van der Waals surface area contributed by atoms with Crippen molar-refractivity contribution >= 4 is 5.91 Å². The molecule has 0 bridgehead atoms. The van der Waals surface area contributed by atoms with Gasteiger partial charge in [0.2, 0.25) is 5.91 Å². The molecule has 1 amide bonds. The van der Waals surface area contributed by atoms with Crippen LogP contribution in [0.25, 0.3) is 0 Å². The predicted octanol–water partition coefficient (Wildman–Crippen LogP) is 2.51. The Balaban J connectivity index is 1.59. The van der Waals surface area contributed by atoms with E-state index in [1.165, 1.54) is 0 Å². The van der Waals surface area contributed by atoms with Gasteiger partial charge in [-0.15, -0.1) is 0 Å². The van der Waals surface area contributed by atoms with Gasteiger partial charge in [0.05, 0.1) is 12.7 Å². The highest BCUT2D eigenvalue weighted by Gasteiger charge is 2.22. The van der Waals surface area contributed by atoms with Gasteiger partial charge in [0.15, 0.2) is 0 Å². The third kappa shape index (κ3) is 6.13. The molecule has 5 heteroatoms. The number of ether oxygens (including phenoxy) is 2. The summed E-state index contributed by atoms with van der Waals surface area (Å²) in [7, 11) is 0. The first-order chi connectivity index (χ1) is 11.7. The SMILES string of the molecule is Cc1ccccc1OCCCC(=O)N1CCC(OCCCN)CC1. The van der Waals surface area contributed by atoms with Crippen molar-refractivity contribution in [3.8, 4) is 5.75 Å². The Morgan fingerprint density at radius 2 is 1.96 bits per heavy atom. The van der Waals surface area contributed by atoms with Gasteiger partial charge in [0.25, 0.3) is 0 Å². The van der Waals surface area contributed by atoms with Crippen LogP contribution in [0.15, 0.2) is 24.3 Å². The van der Waals surface area contributed by atoms with Gasteiger partial charge in [-0.1, -0.05) is 18.2 Å². The molecule has 0 unspecified atom stereocenters. The number of benzene rings is 1. The van der Waals surface area contributed by atoms with Crippen LogP contribution in [0.4, 0.5) is 0 Å². The first kappa shape index (κ1) is 18.7. The summed E-state index contributed by atoms with van der Waals surface area (Å²) in [5, 5.41) is 0. The molecule has 1 aromatic rings. The van der Waals surface area contributed by atoms with E-state index < -0.39 is 0 Å². The van der Waals surface area contributed by atoms with Gasteiger partial charge in [-0.05, 0) is 50.8 Å². The number of amides is 1. The molecule has 0 aromatic heterocycles. The van der Waals surface area contributed by atoms with Gasteiger partial charge in [-0.25, -0.2) is 0 Å². The summed E-state index contributed by atoms with van der Waals surface area (Å²) in [6.45, 7) is 5.60. The van der Waals surface area contributed by atoms with Crippen molar-refractivity contribution in [1.82, 2.24) is 4.90 Å². The summed E-state index contributed by atoms with van der Waals surface area (Å²) in [5.41, 5.74) is 6.59. The number of aryl methyl sites for hydroxylation is 1. The highest BCUT2D eigenvalue weighted by molar-refractivity contribution is 5.76. The fourth-order valence-electron chi connectivity index (χ4n) is 2.89. The Morgan fingerprint density at radius 3 is 2.67 bits per heavy atom. The molecule has 1 aliphatic rings. The molecule has 5 nitrogen and oxygen atoms in total. The minimum atomic E-state index is 0.226. The monoisotopic (exact) mass is 334 g/mol. The summed E-state index contributed by atoms with van der Waals surface area (Å²) in [5.74, 6) is 1.13. The highest BCUT2D eigenvalue weighted by atomic mass is 16.5. The number of hydrogen-bond acceptors (Lipinski definition) is 4. The van der Waals surface area contributed by atoms with Crippen LogP contribution in [0.5, 0.6) is 5.75 Å². The maximum atomic E-state index is 12.3. The number of likely N-dealkylation sites (tertiary alicyclic amines) is 1. The number of nitrogens with zero attached hydrogens (tertiary/aromatic N) is 1. The number of para-hydroxylation sites is 1. The molecule has 0 spiro atoms. The molecule has 134 valence electrons. The van der Waals surface area contributed by atoms with E-state index in [-0.39, 0.29) is 12.0 Å². The molecule has 0 aliphatic carbocycles. The zero-order valence-corrected chi connectivity index (χ0v) is 14.7. The minimum absolute atomic E-state index is 0.226. The first-order valence-corrected chi connectivity index (χ1v) is 8.98. The lowest BCUT2D eigenvalue weighted by Crippen LogP contribution is -2.41. The van der Waals surface area contributed by atoms with Gasteiger partial charge >= 0.3 is 0 Å². The van der Waals surface area contributed by atoms with Crippen molar-refractivity contribution in [1.29, 1.82) is 0 Å². The molecule has 0 atom stereocenters. The molecule has 1 saturated heterocycles. The van der Waals surface area contributed by atoms with Crippen LogP contribution in [0.2, 0.25) is 0 Å². The van der Waals surface area contributed by atoms with Crippen LogP contribution < -0.4 is 10.5 Å². The fourth-order valence-corrected chi connectivity index (χ4v) is 2.89. The third-order valence-corrected chi connectivity index (χ3v) is 4.38. The fraction of sp³-hybridized carbons (Fsp3) is 0.632. The lowest BCUT2D eigenvalue weighted by molar-refractivity contribution is -0.134. The quantitative estimate of drug-likeness (QED) is 0.705. The molecular weight excluding hydrogens is 304 g/mol. The van der Waals surface area contributed by atoms with E-state index in [1.807, 2.05) is 36.1 Å². The second-order valence-electron chi connectivity index (χ2n) is 6.31. The van der Waals surface area contributed by atoms with Gasteiger partial charge in [0, 0.05) is 26.1 Å². The topological polar surface area (TPSA) is 64.8 Å². The first-order valence-electron chi connectivity index (χ1n) is 8.98. The lowest BCUT2D eigenvalue weighted by Gasteiger charge is -2.32. The van der Waals surface area contributed by atoms with Crippen LogP contribution in [-0.2, 0) is 9.53 Å². The zero-order chi connectivity index (χ0) is 17.2. The average molecular weight is 334 g/mol. The summed E-state index contributed by atoms with van der Waals surface area (Å²) < 4.78 is 11.5. The van der Waals surface area contributed by atoms with Crippen LogP contribution >= 0.6 is 0 Å². The molecule has 1 aromatic carbocycles. The Bertz CT molecular complexity index is 499. The normalized spacial score (nSPS) is 15.5. The van der Waals surface area contributed by atoms with E-state index in [1.54, 1.807) is 0 Å². The Labute approximate surface area is 145 Å². The Kier molecular flexibility index (Phi) is 8.05. The van der Waals surface area contributed by atoms with E-state index in [2.05, 4.69) is 0 Å². The molecule has 1 aliphatic heterocycles. The number of hydrogen-bond donors (Lipinski definition) is 1. The van der Waals surface area contributed by atoms with Crippen molar-refractivity contribution in [2.75, 3.05) is 32.8 Å². The molecule has 0 saturated carbocycles. The van der Waals surface area contributed by atoms with Crippen molar-refractivity contribution in [2.24, 2.45) is 5.73 Å². The molecule has 1 heterocycles. The molecule has 24 heavy (non-hydrogen) atoms. The zero-order valence-electron chi connectivity index (χ0n) is 14.7. The van der Waals surface area contributed by atoms with Crippen molar-refractivity contribution in [3.63, 3.8) is 0 Å². The summed E-state index contributed by atoms with van der Waals surface area (Å²) in [6.07, 6.45) is 4.33. The predicted molar refractivity (Wildman–Crippen MR) is 95.1 cm³/mol. The standard InChI is InChI=1S/C19H30N2O3/c1-16-6-2-3-7-18(16)24-14-4-8-19(22)21-12-9-17(10-13-21)23-15-5-11-20/h2-3,6-7,17H,4-5,8-15,20H2,1H3. The molecular formula is C19H30N2O3. The largest absolute Gasteiger partial charge is 0.493 e. The van der Waals surface area contributed by atoms with Crippen LogP contribution in [0.3, 0.4) is 0 Å². The van der Waals surface area contributed by atoms with Crippen LogP contribution in [-0.4, -0.2) is 49.8 Å². The van der Waals surface area contributed by atoms with Gasteiger partial charge < -0.3 is 20.1 Å². The van der Waals surface area contributed by atoms with Crippen molar-refractivity contribution < 1.29 is 14.3 Å². The number of nitrogens with two attached hydrogens (primary N) is 1. The van der Waals surface area contributed by atoms with E-state index >= 15 is 0 Å². The van der Waals surface area contributed by atoms with Crippen LogP contribution in [0.1, 0.15) is 37.7 Å². The minimum Gasteiger partial charge on any atom is -0.493 e. The second-order valence-corrected chi connectivity index (χ2v) is 6.31. The maximum Gasteiger partial charge on any atom is 0.222 e. The average Bonchev–Trinajstić information content (AvgIpc) is 2.61. The number of carbonyl (C=O) groups is 1. The van der Waals surface area contributed by atoms with Gasteiger partial charge in [0.1, 0.15) is 5.75 Å². The number of piperidine rings is 1. The molecule has 0 radical (unpaired) electrons. The highest BCUT2D eigenvalue weighted by Crippen LogP contribution is 2.17. The van der Waals surface area contributed by atoms with Crippen molar-refractivity contribution in [3.05, 3.63) is 29.8 Å². The van der Waals surface area contributed by atoms with Gasteiger partial charge in [-0.3, -0.25) is 4.79 Å². The lowest BCUT2D eigenvalue weighted by atomic mass is 10.1. The van der Waals surface area contributed by atoms with Crippen molar-refractivity contribution in [2.45, 2.75) is 45.1 Å². The summed E-state index contributed by atoms with van der Waals surface area (Å²) >= 11 is 0. The van der Waals surface area contributed by atoms with E-state index in [4.69, 9.17) is 15.2 Å². The Hall–Kier alpha value is -1.59. The summed E-state index contributed by atoms with van der Waals surface area (Å²) in [4.78, 5) is 14.2. The smallest absolute Gasteiger partial charge is 0.222 e. The number of rotatable bonds is 9. The van der Waals surface area contributed by atoms with Crippen LogP contribution in [0, 0.1) is 6.92 Å². The maximum absolute atomic E-state index is 12.3.